The van der Waals surface area contributed by atoms with E-state index in [9.17, 15) is 4.79 Å². The van der Waals surface area contributed by atoms with Crippen molar-refractivity contribution in [3.05, 3.63) is 0 Å². The third kappa shape index (κ3) is 1.84. The molecule has 1 heterocycles. The van der Waals surface area contributed by atoms with Crippen LogP contribution in [-0.4, -0.2) is 30.3 Å². The molecule has 1 rings (SSSR count). The summed E-state index contributed by atoms with van der Waals surface area (Å²) in [6.45, 7) is 5.31. The van der Waals surface area contributed by atoms with Crippen molar-refractivity contribution in [1.82, 2.24) is 0 Å². The lowest BCUT2D eigenvalue weighted by Crippen LogP contribution is -2.58. The van der Waals surface area contributed by atoms with Gasteiger partial charge in [0.05, 0.1) is 19.6 Å². The van der Waals surface area contributed by atoms with Gasteiger partial charge in [0.15, 0.2) is 0 Å². The molecule has 0 amide bonds. The predicted octanol–water partition coefficient (Wildman–Crippen LogP) is 0.461. The molecular formula is C9H17NO3. The number of nitrogens with two attached hydrogens (primary N) is 1. The fourth-order valence-corrected chi connectivity index (χ4v) is 1.70. The summed E-state index contributed by atoms with van der Waals surface area (Å²) in [5.41, 5.74) is 5.74. The highest BCUT2D eigenvalue weighted by Crippen LogP contribution is 2.39. The van der Waals surface area contributed by atoms with Crippen LogP contribution in [0.25, 0.3) is 0 Å². The normalized spacial score (nSPS) is 22.5. The van der Waals surface area contributed by atoms with E-state index >= 15 is 0 Å². The van der Waals surface area contributed by atoms with Gasteiger partial charge < -0.3 is 15.6 Å². The fraction of sp³-hybridized carbons (Fsp3) is 0.889. The highest BCUT2D eigenvalue weighted by Gasteiger charge is 2.47. The Kier molecular flexibility index (Phi) is 2.93. The van der Waals surface area contributed by atoms with Gasteiger partial charge in [0.25, 0.3) is 0 Å². The zero-order valence-corrected chi connectivity index (χ0v) is 8.12. The van der Waals surface area contributed by atoms with Gasteiger partial charge in [0.1, 0.15) is 0 Å². The van der Waals surface area contributed by atoms with E-state index in [4.69, 9.17) is 15.6 Å². The van der Waals surface area contributed by atoms with Gasteiger partial charge in [-0.05, 0) is 5.92 Å². The molecule has 0 spiro atoms. The molecule has 1 atom stereocenters. The summed E-state index contributed by atoms with van der Waals surface area (Å²) < 4.78 is 5.13. The molecule has 4 heteroatoms. The Bertz CT molecular complexity index is 199. The van der Waals surface area contributed by atoms with E-state index in [2.05, 4.69) is 13.8 Å². The molecule has 76 valence electrons. The van der Waals surface area contributed by atoms with Crippen LogP contribution in [0.1, 0.15) is 20.3 Å². The van der Waals surface area contributed by atoms with Crippen LogP contribution in [0, 0.1) is 11.3 Å². The maximum Gasteiger partial charge on any atom is 0.304 e. The molecule has 1 aliphatic rings. The molecule has 3 N–H and O–H groups in total. The van der Waals surface area contributed by atoms with E-state index in [-0.39, 0.29) is 17.9 Å². The summed E-state index contributed by atoms with van der Waals surface area (Å²) in [4.78, 5) is 10.5. The van der Waals surface area contributed by atoms with Crippen molar-refractivity contribution in [3.8, 4) is 0 Å². The average Bonchev–Trinajstić information content (AvgIpc) is 1.79. The summed E-state index contributed by atoms with van der Waals surface area (Å²) >= 11 is 0. The molecule has 13 heavy (non-hydrogen) atoms. The van der Waals surface area contributed by atoms with Gasteiger partial charge in [0.2, 0.25) is 0 Å². The first kappa shape index (κ1) is 10.5. The molecule has 4 nitrogen and oxygen atoms in total. The Balaban J connectivity index is 2.60. The second kappa shape index (κ2) is 3.64. The molecule has 0 aromatic rings. The Hall–Kier alpha value is -0.610. The highest BCUT2D eigenvalue weighted by atomic mass is 16.5. The number of carbonyl (C=O) groups is 1. The molecule has 1 saturated heterocycles. The monoisotopic (exact) mass is 187 g/mol. The molecular weight excluding hydrogens is 170 g/mol. The molecule has 0 bridgehead atoms. The number of rotatable bonds is 4. The van der Waals surface area contributed by atoms with Gasteiger partial charge in [-0.2, -0.15) is 0 Å². The predicted molar refractivity (Wildman–Crippen MR) is 48.3 cm³/mol. The summed E-state index contributed by atoms with van der Waals surface area (Å²) in [7, 11) is 0. The third-order valence-corrected chi connectivity index (χ3v) is 3.02. The van der Waals surface area contributed by atoms with Crippen molar-refractivity contribution in [3.63, 3.8) is 0 Å². The standard InChI is InChI=1S/C9H17NO3/c1-6(2)9(4-13-5-9)7(10)3-8(11)12/h6-7H,3-5,10H2,1-2H3,(H,11,12). The lowest BCUT2D eigenvalue weighted by Gasteiger charge is -2.48. The van der Waals surface area contributed by atoms with Crippen LogP contribution >= 0.6 is 0 Å². The number of ether oxygens (including phenoxy) is 1. The van der Waals surface area contributed by atoms with E-state index in [1.165, 1.54) is 0 Å². The van der Waals surface area contributed by atoms with Gasteiger partial charge in [0, 0.05) is 11.5 Å². The average molecular weight is 187 g/mol. The number of hydrogen-bond acceptors (Lipinski definition) is 3. The zero-order chi connectivity index (χ0) is 10.1. The van der Waals surface area contributed by atoms with Gasteiger partial charge in [-0.1, -0.05) is 13.8 Å². The summed E-state index contributed by atoms with van der Waals surface area (Å²) in [6.07, 6.45) is 0.0293. The Morgan fingerprint density at radius 2 is 2.15 bits per heavy atom. The molecule has 0 radical (unpaired) electrons. The molecule has 1 aliphatic heterocycles. The van der Waals surface area contributed by atoms with Crippen LogP contribution in [0.15, 0.2) is 0 Å². The number of carboxylic acid groups (broad SMARTS) is 1. The van der Waals surface area contributed by atoms with Crippen molar-refractivity contribution in [2.45, 2.75) is 26.3 Å². The van der Waals surface area contributed by atoms with E-state index in [0.717, 1.165) is 0 Å². The largest absolute Gasteiger partial charge is 0.481 e. The van der Waals surface area contributed by atoms with E-state index in [1.807, 2.05) is 0 Å². The Labute approximate surface area is 78.1 Å². The fourth-order valence-electron chi connectivity index (χ4n) is 1.70. The number of carboxylic acids is 1. The van der Waals surface area contributed by atoms with Crippen molar-refractivity contribution in [2.75, 3.05) is 13.2 Å². The van der Waals surface area contributed by atoms with Crippen LogP contribution < -0.4 is 5.73 Å². The second-order valence-electron chi connectivity index (χ2n) is 4.09. The smallest absolute Gasteiger partial charge is 0.304 e. The number of aliphatic carboxylic acids is 1. The van der Waals surface area contributed by atoms with Crippen LogP contribution in [0.5, 0.6) is 0 Å². The lowest BCUT2D eigenvalue weighted by molar-refractivity contribution is -0.160. The minimum Gasteiger partial charge on any atom is -0.481 e. The zero-order valence-electron chi connectivity index (χ0n) is 8.12. The first-order valence-corrected chi connectivity index (χ1v) is 4.54. The maximum atomic E-state index is 10.5. The molecule has 1 unspecified atom stereocenters. The quantitative estimate of drug-likeness (QED) is 0.670. The Morgan fingerprint density at radius 1 is 1.62 bits per heavy atom. The minimum absolute atomic E-state index is 0.0293. The summed E-state index contributed by atoms with van der Waals surface area (Å²) in [6, 6.07) is -0.293. The van der Waals surface area contributed by atoms with Crippen LogP contribution in [0.2, 0.25) is 0 Å². The lowest BCUT2D eigenvalue weighted by atomic mass is 9.69. The van der Waals surface area contributed by atoms with Crippen molar-refractivity contribution < 1.29 is 14.6 Å². The first-order chi connectivity index (χ1) is 5.99. The molecule has 1 fully saturated rings. The third-order valence-electron chi connectivity index (χ3n) is 3.02. The molecule has 0 aromatic carbocycles. The van der Waals surface area contributed by atoms with E-state index < -0.39 is 5.97 Å². The molecule has 0 saturated carbocycles. The maximum absolute atomic E-state index is 10.5. The van der Waals surface area contributed by atoms with Crippen LogP contribution in [-0.2, 0) is 9.53 Å². The number of hydrogen-bond donors (Lipinski definition) is 2. The molecule has 0 aliphatic carbocycles. The second-order valence-corrected chi connectivity index (χ2v) is 4.09. The molecule has 0 aromatic heterocycles. The van der Waals surface area contributed by atoms with E-state index in [1.54, 1.807) is 0 Å². The summed E-state index contributed by atoms with van der Waals surface area (Å²) in [5, 5.41) is 8.63. The van der Waals surface area contributed by atoms with Crippen LogP contribution in [0.4, 0.5) is 0 Å². The van der Waals surface area contributed by atoms with Gasteiger partial charge in [-0.25, -0.2) is 0 Å². The van der Waals surface area contributed by atoms with Crippen molar-refractivity contribution >= 4 is 5.97 Å². The van der Waals surface area contributed by atoms with E-state index in [0.29, 0.717) is 19.1 Å². The van der Waals surface area contributed by atoms with Gasteiger partial charge >= 0.3 is 5.97 Å². The van der Waals surface area contributed by atoms with Crippen LogP contribution in [0.3, 0.4) is 0 Å². The summed E-state index contributed by atoms with van der Waals surface area (Å²) in [5.74, 6) is -0.463. The first-order valence-electron chi connectivity index (χ1n) is 4.54. The Morgan fingerprint density at radius 3 is 2.38 bits per heavy atom. The van der Waals surface area contributed by atoms with Crippen molar-refractivity contribution in [1.29, 1.82) is 0 Å². The minimum atomic E-state index is -0.834. The van der Waals surface area contributed by atoms with Gasteiger partial charge in [-0.3, -0.25) is 4.79 Å². The topological polar surface area (TPSA) is 72.6 Å². The SMILES string of the molecule is CC(C)C1(C(N)CC(=O)O)COC1. The van der Waals surface area contributed by atoms with Gasteiger partial charge in [-0.15, -0.1) is 0 Å². The highest BCUT2D eigenvalue weighted by molar-refractivity contribution is 5.67. The van der Waals surface area contributed by atoms with Crippen molar-refractivity contribution in [2.24, 2.45) is 17.1 Å².